The largest absolute Gasteiger partial charge is 0.474 e. The number of aldehydes is 1. The van der Waals surface area contributed by atoms with Crippen LogP contribution in [0.1, 0.15) is 261 Å². The number of piperidine rings is 4. The minimum absolute atomic E-state index is 0. The van der Waals surface area contributed by atoms with E-state index in [1.807, 2.05) is 60.7 Å². The van der Waals surface area contributed by atoms with Gasteiger partial charge in [0.1, 0.15) is 34.9 Å². The number of nitrogens with zero attached hydrogens (tertiary/aromatic N) is 5. The molecule has 121 heavy (non-hydrogen) atoms. The van der Waals surface area contributed by atoms with E-state index in [1.54, 1.807) is 105 Å². The van der Waals surface area contributed by atoms with Crippen LogP contribution in [0.2, 0.25) is 0 Å². The fourth-order valence-corrected chi connectivity index (χ4v) is 13.8. The van der Waals surface area contributed by atoms with Crippen molar-refractivity contribution in [1.82, 2.24) is 35.4 Å². The van der Waals surface area contributed by atoms with Gasteiger partial charge in [0, 0.05) is 29.6 Å². The highest BCUT2D eigenvalue weighted by Crippen LogP contribution is 2.37. The number of carbonyl (C=O) groups is 9. The summed E-state index contributed by atoms with van der Waals surface area (Å²) in [5.41, 5.74) is 14.6. The number of aliphatic hydroxyl groups is 3. The molecule has 0 bridgehead atoms. The molecule has 13 N–H and O–H groups in total. The first-order valence-electron chi connectivity index (χ1n) is 40.4. The number of carbonyl (C=O) groups excluding carboxylic acids is 8. The Labute approximate surface area is 722 Å². The molecule has 4 aliphatic rings. The van der Waals surface area contributed by atoms with Crippen LogP contribution in [0.15, 0.2) is 138 Å². The summed E-state index contributed by atoms with van der Waals surface area (Å²) in [7, 11) is 0. The standard InChI is InChI=1S/C27H36N4O5.C22H28N4O3.C14H21NO.C13H17N3O5.C12H16BrN.C2H4O.2CH4/c1-16-7-12-22(20-10-8-19(9-11-20)18(3)32)31(15-16)25(34)24(33)29-21-13-17(2)23(28-14-21)30-26(35)36-27(4,5)6;1-13-4-9-19(17-7-5-16(6-8-17)15(3)27)26(12-13)22(29)21(28)25-18-10-14(2)20(23)24-11-18;1-10-3-8-14(15-9-10)13-6-4-12(5-7-13)11(2)16;1-7-5-8(15-10(17)11(18)19)6-14-9(7)16-12(20)21-13(2,3)4;1-9-2-7-12(14-8-9)10-3-5-11(13)6-4-10;1-2-3;;/h8-11,13-14,16,18,22,32H,7,12,15H2,1-6H3,(H,29,33)(H,28,30,35);5-8,10-11,13,15,19,27H,4,9,12H2,1-3H3,(H2,23,24)(H,25,28);4-7,10-11,14-16H,3,8-9H2,1-2H3;5-6H,1-4H3,(H,15,17)(H,18,19)(H,14,16,20);3-6,9,12,14H,2,7-8H2,1H3;2H,1H3;2*1H4/t16-,18?,22+;13-,15?,19+;10-,11?,14+;;9-,12+;;;/m000.0.../s1. The summed E-state index contributed by atoms with van der Waals surface area (Å²) in [4.78, 5) is 121. The Hall–Kier alpha value is -10.6. The number of nitrogens with one attached hydrogen (secondary N) is 7. The maximum atomic E-state index is 13.2. The quantitative estimate of drug-likeness (QED) is 0.0399. The maximum absolute atomic E-state index is 13.2. The first-order chi connectivity index (χ1) is 56.0. The van der Waals surface area contributed by atoms with Crippen LogP contribution in [0, 0.1) is 44.4 Å². The number of anilines is 6. The number of carboxylic acid groups (broad SMARTS) is 1. The van der Waals surface area contributed by atoms with Crippen LogP contribution >= 0.6 is 15.9 Å². The SMILES string of the molecule is C.C.CC(O)c1ccc([C@H]2CC[C@H](C)CN2)cc1.CC=O.C[C@H]1CC[C@H](c2ccc(Br)cc2)NC1.Cc1cc(NC(=O)C(=O)N2C[C@@H](C)CC[C@@H]2c2ccc(C(C)O)cc2)cnc1N.Cc1cc(NC(=O)C(=O)N2C[C@@H](C)CC[C@@H]2c2ccc(C(C)O)cc2)cnc1NC(=O)OC(C)(C)C.Cc1cc(NC(=O)C(=O)O)cnc1NC(=O)OC(C)(C)C. The monoisotopic (exact) mass is 1740 g/mol. The minimum Gasteiger partial charge on any atom is -0.474 e. The molecular weight excluding hydrogens is 1610 g/mol. The normalized spacial score (nSPS) is 19.2. The fourth-order valence-electron chi connectivity index (χ4n) is 13.5. The van der Waals surface area contributed by atoms with Gasteiger partial charge in [0.25, 0.3) is 0 Å². The second kappa shape index (κ2) is 48.8. The molecule has 0 aliphatic carbocycles. The van der Waals surface area contributed by atoms with E-state index in [2.05, 4.69) is 132 Å². The fraction of sp³-hybridized carbons (Fsp3) is 0.478. The zero-order valence-electron chi connectivity index (χ0n) is 71.6. The van der Waals surface area contributed by atoms with Crippen molar-refractivity contribution in [3.05, 3.63) is 194 Å². The van der Waals surface area contributed by atoms with Gasteiger partial charge in [-0.25, -0.2) is 29.3 Å². The Morgan fingerprint density at radius 1 is 0.479 bits per heavy atom. The summed E-state index contributed by atoms with van der Waals surface area (Å²) in [6.07, 6.45) is 10.6. The second-order valence-corrected chi connectivity index (χ2v) is 34.0. The number of benzene rings is 4. The van der Waals surface area contributed by atoms with Gasteiger partial charge < -0.3 is 76.8 Å². The number of aromatic nitrogens is 3. The van der Waals surface area contributed by atoms with E-state index in [-0.39, 0.29) is 50.5 Å². The molecule has 7 aromatic rings. The van der Waals surface area contributed by atoms with Gasteiger partial charge in [0.15, 0.2) is 0 Å². The number of nitrogens with two attached hydrogens (primary N) is 1. The molecule has 3 aromatic heterocycles. The van der Waals surface area contributed by atoms with Crippen molar-refractivity contribution in [3.8, 4) is 0 Å². The number of ether oxygens (including phenoxy) is 2. The molecule has 3 unspecified atom stereocenters. The van der Waals surface area contributed by atoms with Gasteiger partial charge >= 0.3 is 47.7 Å². The van der Waals surface area contributed by atoms with Crippen LogP contribution in [0.4, 0.5) is 44.1 Å². The van der Waals surface area contributed by atoms with Gasteiger partial charge in [-0.3, -0.25) is 34.6 Å². The number of hydrogen-bond acceptors (Lipinski definition) is 20. The molecule has 29 heteroatoms. The van der Waals surface area contributed by atoms with Crippen molar-refractivity contribution >= 4 is 104 Å². The van der Waals surface area contributed by atoms with Crippen molar-refractivity contribution in [2.75, 3.05) is 58.5 Å². The van der Waals surface area contributed by atoms with Crippen molar-refractivity contribution in [2.45, 2.75) is 238 Å². The number of amides is 7. The molecule has 4 aromatic carbocycles. The lowest BCUT2D eigenvalue weighted by Crippen LogP contribution is -2.46. The third-order valence-corrected chi connectivity index (χ3v) is 20.6. The third-order valence-electron chi connectivity index (χ3n) is 20.0. The van der Waals surface area contributed by atoms with Crippen LogP contribution in [-0.2, 0) is 43.0 Å². The summed E-state index contributed by atoms with van der Waals surface area (Å²) < 4.78 is 11.5. The smallest absolute Gasteiger partial charge is 0.413 e. The zero-order valence-corrected chi connectivity index (χ0v) is 73.2. The first kappa shape index (κ1) is 103. The topological polar surface area (TPSA) is 408 Å². The summed E-state index contributed by atoms with van der Waals surface area (Å²) >= 11 is 3.46. The Bertz CT molecular complexity index is 4500. The van der Waals surface area contributed by atoms with E-state index in [9.17, 15) is 53.7 Å². The van der Waals surface area contributed by atoms with Crippen molar-refractivity contribution in [2.24, 2.45) is 23.7 Å². The molecule has 11 rings (SSSR count). The molecular formula is C92H130BrN13O15. The molecule has 0 saturated carbocycles. The number of pyridine rings is 3. The highest BCUT2D eigenvalue weighted by Gasteiger charge is 2.37. The van der Waals surface area contributed by atoms with Gasteiger partial charge in [-0.05, 0) is 264 Å². The summed E-state index contributed by atoms with van der Waals surface area (Å²) in [6.45, 7) is 34.3. The maximum Gasteiger partial charge on any atom is 0.413 e. The average Bonchev–Trinajstić information content (AvgIpc) is 0.800. The van der Waals surface area contributed by atoms with Crippen LogP contribution in [0.25, 0.3) is 0 Å². The number of aliphatic carboxylic acids is 1. The van der Waals surface area contributed by atoms with Crippen molar-refractivity contribution < 1.29 is 73.1 Å². The molecule has 7 heterocycles. The predicted molar refractivity (Wildman–Crippen MR) is 479 cm³/mol. The van der Waals surface area contributed by atoms with E-state index >= 15 is 0 Å². The summed E-state index contributed by atoms with van der Waals surface area (Å²) in [5.74, 6) is -2.18. The van der Waals surface area contributed by atoms with Gasteiger partial charge in [-0.1, -0.05) is 143 Å². The lowest BCUT2D eigenvalue weighted by atomic mass is 9.89. The molecule has 11 atom stereocenters. The number of nitrogen functional groups attached to an aromatic ring is 1. The van der Waals surface area contributed by atoms with Crippen molar-refractivity contribution in [1.29, 1.82) is 0 Å². The lowest BCUT2D eigenvalue weighted by Gasteiger charge is -2.38. The Morgan fingerprint density at radius 3 is 1.08 bits per heavy atom. The molecule has 660 valence electrons. The van der Waals surface area contributed by atoms with Crippen molar-refractivity contribution in [3.63, 3.8) is 0 Å². The molecule has 4 fully saturated rings. The van der Waals surface area contributed by atoms with E-state index < -0.39 is 71.1 Å². The Balaban J connectivity index is 0.000000326. The van der Waals surface area contributed by atoms with Gasteiger partial charge in [0.2, 0.25) is 0 Å². The number of aliphatic hydroxyl groups excluding tert-OH is 3. The van der Waals surface area contributed by atoms with Crippen LogP contribution < -0.4 is 43.0 Å². The number of rotatable bonds is 12. The highest BCUT2D eigenvalue weighted by molar-refractivity contribution is 9.10. The molecule has 7 amide bonds. The average molecular weight is 1740 g/mol. The highest BCUT2D eigenvalue weighted by atomic mass is 79.9. The second-order valence-electron chi connectivity index (χ2n) is 33.0. The van der Waals surface area contributed by atoms with Crippen LogP contribution in [0.5, 0.6) is 0 Å². The number of hydrogen-bond donors (Lipinski definition) is 12. The molecule has 28 nitrogen and oxygen atoms in total. The van der Waals surface area contributed by atoms with Crippen LogP contribution in [-0.4, -0.2) is 137 Å². The van der Waals surface area contributed by atoms with Crippen LogP contribution in [0.3, 0.4) is 0 Å². The summed E-state index contributed by atoms with van der Waals surface area (Å²) in [6, 6.07) is 37.6. The number of carboxylic acids is 1. The van der Waals surface area contributed by atoms with Gasteiger partial charge in [0.05, 0.1) is 66.0 Å². The van der Waals surface area contributed by atoms with Gasteiger partial charge in [-0.15, -0.1) is 0 Å². The van der Waals surface area contributed by atoms with Gasteiger partial charge in [-0.2, -0.15) is 0 Å². The minimum atomic E-state index is -1.59. The number of halogens is 1. The van der Waals surface area contributed by atoms with E-state index in [4.69, 9.17) is 25.1 Å². The molecule has 4 aliphatic heterocycles. The number of likely N-dealkylation sites (tertiary alicyclic amines) is 2. The van der Waals surface area contributed by atoms with E-state index in [0.717, 1.165) is 94.7 Å². The summed E-state index contributed by atoms with van der Waals surface area (Å²) in [5, 5.41) is 57.1. The molecule has 0 radical (unpaired) electrons. The first-order valence-corrected chi connectivity index (χ1v) is 41.2. The predicted octanol–water partition coefficient (Wildman–Crippen LogP) is 17.2. The third kappa shape index (κ3) is 34.1. The molecule has 4 saturated heterocycles. The number of aryl methyl sites for hydroxylation is 3. The van der Waals surface area contributed by atoms with E-state index in [0.29, 0.717) is 65.2 Å². The Kier molecular flexibility index (Phi) is 41.4. The van der Waals surface area contributed by atoms with E-state index in [1.165, 1.54) is 68.4 Å². The Morgan fingerprint density at radius 2 is 0.785 bits per heavy atom. The lowest BCUT2D eigenvalue weighted by molar-refractivity contribution is -0.147. The zero-order chi connectivity index (χ0) is 88.2. The molecule has 0 spiro atoms.